The lowest BCUT2D eigenvalue weighted by atomic mass is 9.60. The first-order valence-corrected chi connectivity index (χ1v) is 19.1. The van der Waals surface area contributed by atoms with E-state index in [1.165, 1.54) is 11.6 Å². The molecule has 1 spiro atoms. The number of carbonyl (C=O) groups is 2. The van der Waals surface area contributed by atoms with Gasteiger partial charge in [0.1, 0.15) is 11.6 Å². The molecule has 3 amide bonds. The van der Waals surface area contributed by atoms with Crippen molar-refractivity contribution in [2.75, 3.05) is 44.0 Å². The molecule has 0 saturated carbocycles. The van der Waals surface area contributed by atoms with E-state index in [-0.39, 0.29) is 46.1 Å². The number of urea groups is 1. The fourth-order valence-electron chi connectivity index (χ4n) is 7.03. The number of fused-ring (bicyclic) bond motifs is 4. The maximum atomic E-state index is 14.3. The molecule has 2 N–H and O–H groups in total. The van der Waals surface area contributed by atoms with E-state index < -0.39 is 19.5 Å². The first-order valence-electron chi connectivity index (χ1n) is 16.2. The van der Waals surface area contributed by atoms with Crippen LogP contribution >= 0.6 is 0 Å². The lowest BCUT2D eigenvalue weighted by molar-refractivity contribution is -0.151. The number of anilines is 2. The van der Waals surface area contributed by atoms with Crippen molar-refractivity contribution in [2.45, 2.75) is 90.5 Å². The van der Waals surface area contributed by atoms with Crippen molar-refractivity contribution < 1.29 is 23.1 Å². The monoisotopic (exact) mass is 638 g/mol. The summed E-state index contributed by atoms with van der Waals surface area (Å²) < 4.78 is 26.7. The predicted molar refractivity (Wildman–Crippen MR) is 180 cm³/mol. The standard InChI is InChI=1S/C35H51FN4O4Si/c1-33(2,3)31(41)40-22-35(16-18-39(19-17-35)32(42)38-26-13-11-10-12-25(26)36)29-24-15-14-23(43-7)20-27(24)37-30(29)28(40)21-44-45(8,9)34(4,5)6/h10-15,20,28-30,37H,16-19,21-22H2,1-9H3,(H,38,42)/t28-,29?,30?/m0/s1. The van der Waals surface area contributed by atoms with Crippen molar-refractivity contribution in [3.63, 3.8) is 0 Å². The van der Waals surface area contributed by atoms with E-state index >= 15 is 0 Å². The summed E-state index contributed by atoms with van der Waals surface area (Å²) in [5.41, 5.74) is 1.60. The molecule has 0 bridgehead atoms. The Bertz CT molecular complexity index is 1430. The molecule has 0 radical (unpaired) electrons. The van der Waals surface area contributed by atoms with E-state index in [9.17, 15) is 14.0 Å². The van der Waals surface area contributed by atoms with Crippen LogP contribution in [0.1, 0.15) is 65.9 Å². The summed E-state index contributed by atoms with van der Waals surface area (Å²) in [4.78, 5) is 31.4. The summed E-state index contributed by atoms with van der Waals surface area (Å²) in [6.07, 6.45) is 1.44. The molecule has 45 heavy (non-hydrogen) atoms. The lowest BCUT2D eigenvalue weighted by Gasteiger charge is -2.57. The minimum Gasteiger partial charge on any atom is -0.497 e. The van der Waals surface area contributed by atoms with Crippen molar-refractivity contribution >= 4 is 31.6 Å². The highest BCUT2D eigenvalue weighted by molar-refractivity contribution is 6.74. The number of amides is 3. The molecule has 3 heterocycles. The molecule has 8 nitrogen and oxygen atoms in total. The number of para-hydroxylation sites is 1. The summed E-state index contributed by atoms with van der Waals surface area (Å²) in [7, 11) is -0.434. The SMILES string of the molecule is COc1ccc2c(c1)NC1C2C2(CCN(C(=O)Nc3ccccc3F)CC2)CN(C(=O)C(C)(C)C)[C@H]1CO[Si](C)(C)C(C)(C)C. The van der Waals surface area contributed by atoms with Crippen molar-refractivity contribution in [3.05, 3.63) is 53.8 Å². The van der Waals surface area contributed by atoms with E-state index in [1.54, 1.807) is 30.2 Å². The van der Waals surface area contributed by atoms with Gasteiger partial charge in [0.05, 0.1) is 31.5 Å². The fraction of sp³-hybridized carbons (Fsp3) is 0.600. The Morgan fingerprint density at radius 2 is 1.73 bits per heavy atom. The average molecular weight is 639 g/mol. The second kappa shape index (κ2) is 11.9. The molecule has 5 rings (SSSR count). The van der Waals surface area contributed by atoms with Gasteiger partial charge >= 0.3 is 6.03 Å². The van der Waals surface area contributed by atoms with Gasteiger partial charge in [-0.25, -0.2) is 9.18 Å². The van der Waals surface area contributed by atoms with Crippen molar-refractivity contribution in [1.29, 1.82) is 0 Å². The molecule has 0 aromatic heterocycles. The number of hydrogen-bond acceptors (Lipinski definition) is 5. The van der Waals surface area contributed by atoms with Crippen LogP contribution < -0.4 is 15.4 Å². The largest absolute Gasteiger partial charge is 0.497 e. The number of nitrogens with zero attached hydrogens (tertiary/aromatic N) is 2. The van der Waals surface area contributed by atoms with Gasteiger partial charge < -0.3 is 29.6 Å². The highest BCUT2D eigenvalue weighted by Gasteiger charge is 2.59. The summed E-state index contributed by atoms with van der Waals surface area (Å²) in [5.74, 6) is 0.553. The van der Waals surface area contributed by atoms with Crippen molar-refractivity contribution in [2.24, 2.45) is 10.8 Å². The number of likely N-dealkylation sites (tertiary alicyclic amines) is 2. The third kappa shape index (κ3) is 6.32. The molecule has 10 heteroatoms. The van der Waals surface area contributed by atoms with Crippen LogP contribution in [-0.4, -0.2) is 75.5 Å². The number of hydrogen-bond donors (Lipinski definition) is 2. The second-order valence-corrected chi connectivity index (χ2v) is 20.5. The van der Waals surface area contributed by atoms with Gasteiger partial charge in [-0.05, 0) is 54.7 Å². The molecular weight excluding hydrogens is 587 g/mol. The number of carbonyl (C=O) groups excluding carboxylic acids is 2. The number of nitrogens with one attached hydrogen (secondary N) is 2. The van der Waals surface area contributed by atoms with Gasteiger partial charge in [-0.3, -0.25) is 4.79 Å². The smallest absolute Gasteiger partial charge is 0.321 e. The molecule has 2 saturated heterocycles. The van der Waals surface area contributed by atoms with Crippen molar-refractivity contribution in [3.8, 4) is 5.75 Å². The van der Waals surface area contributed by atoms with Gasteiger partial charge in [-0.15, -0.1) is 0 Å². The zero-order valence-electron chi connectivity index (χ0n) is 28.4. The van der Waals surface area contributed by atoms with Crippen LogP contribution in [0.15, 0.2) is 42.5 Å². The van der Waals surface area contributed by atoms with Crippen molar-refractivity contribution in [1.82, 2.24) is 9.80 Å². The molecule has 0 aliphatic carbocycles. The normalized spacial score (nSPS) is 22.8. The van der Waals surface area contributed by atoms with Gasteiger partial charge in [-0.1, -0.05) is 59.7 Å². The van der Waals surface area contributed by atoms with Crippen LogP contribution in [0.2, 0.25) is 18.1 Å². The molecular formula is C35H51FN4O4Si. The van der Waals surface area contributed by atoms with Gasteiger partial charge in [0.25, 0.3) is 0 Å². The maximum absolute atomic E-state index is 14.3. The Labute approximate surface area is 269 Å². The predicted octanol–water partition coefficient (Wildman–Crippen LogP) is 7.31. The Hall–Kier alpha value is -3.11. The van der Waals surface area contributed by atoms with Crippen LogP contribution in [0.4, 0.5) is 20.6 Å². The Morgan fingerprint density at radius 3 is 2.33 bits per heavy atom. The second-order valence-electron chi connectivity index (χ2n) is 15.7. The van der Waals surface area contributed by atoms with E-state index in [0.717, 1.165) is 24.3 Å². The molecule has 3 atom stereocenters. The topological polar surface area (TPSA) is 83.1 Å². The quantitative estimate of drug-likeness (QED) is 0.336. The number of halogens is 1. The van der Waals surface area contributed by atoms with E-state index in [1.807, 2.05) is 26.8 Å². The number of ether oxygens (including phenoxy) is 1. The molecule has 2 fully saturated rings. The van der Waals surface area contributed by atoms with E-state index in [2.05, 4.69) is 61.5 Å². The third-order valence-electron chi connectivity index (χ3n) is 10.7. The molecule has 246 valence electrons. The van der Waals surface area contributed by atoms with Gasteiger partial charge in [0, 0.05) is 48.1 Å². The summed E-state index contributed by atoms with van der Waals surface area (Å²) in [6.45, 7) is 19.3. The zero-order chi connectivity index (χ0) is 32.9. The van der Waals surface area contributed by atoms with Crippen LogP contribution in [0.25, 0.3) is 0 Å². The first kappa shape index (κ1) is 33.3. The Morgan fingerprint density at radius 1 is 1.07 bits per heavy atom. The van der Waals surface area contributed by atoms with E-state index in [4.69, 9.17) is 9.16 Å². The number of rotatable bonds is 5. The highest BCUT2D eigenvalue weighted by Crippen LogP contribution is 2.57. The Kier molecular flexibility index (Phi) is 8.81. The minimum atomic E-state index is -2.11. The van der Waals surface area contributed by atoms with Crippen LogP contribution in [0.5, 0.6) is 5.75 Å². The van der Waals surface area contributed by atoms with Gasteiger partial charge in [0.2, 0.25) is 5.91 Å². The number of methoxy groups -OCH3 is 1. The van der Waals surface area contributed by atoms with Crippen LogP contribution in [0.3, 0.4) is 0 Å². The first-order chi connectivity index (χ1) is 21.0. The summed E-state index contributed by atoms with van der Waals surface area (Å²) >= 11 is 0. The summed E-state index contributed by atoms with van der Waals surface area (Å²) in [5, 5.41) is 6.63. The third-order valence-corrected chi connectivity index (χ3v) is 15.2. The zero-order valence-corrected chi connectivity index (χ0v) is 29.4. The number of benzene rings is 2. The molecule has 3 aliphatic rings. The Balaban J connectivity index is 1.49. The van der Waals surface area contributed by atoms with Crippen LogP contribution in [0, 0.1) is 16.6 Å². The molecule has 2 unspecified atom stereocenters. The summed E-state index contributed by atoms with van der Waals surface area (Å²) in [6, 6.07) is 11.9. The van der Waals surface area contributed by atoms with Gasteiger partial charge in [-0.2, -0.15) is 0 Å². The lowest BCUT2D eigenvalue weighted by Crippen LogP contribution is -2.67. The average Bonchev–Trinajstić information content (AvgIpc) is 3.36. The van der Waals surface area contributed by atoms with Crippen LogP contribution in [-0.2, 0) is 9.22 Å². The van der Waals surface area contributed by atoms with Gasteiger partial charge in [0.15, 0.2) is 8.32 Å². The maximum Gasteiger partial charge on any atom is 0.321 e. The van der Waals surface area contributed by atoms with E-state index in [0.29, 0.717) is 26.2 Å². The fourth-order valence-corrected chi connectivity index (χ4v) is 8.05. The highest BCUT2D eigenvalue weighted by atomic mass is 28.4. The molecule has 3 aliphatic heterocycles. The number of piperidine rings is 2. The molecule has 2 aromatic rings. The molecule has 2 aromatic carbocycles. The minimum absolute atomic E-state index is 0.0384.